The minimum Gasteiger partial charge on any atom is -0.380 e. The van der Waals surface area contributed by atoms with Crippen LogP contribution in [0.3, 0.4) is 0 Å². The first kappa shape index (κ1) is 13.8. The molecule has 1 amide bonds. The average Bonchev–Trinajstić information content (AvgIpc) is 2.75. The summed E-state index contributed by atoms with van der Waals surface area (Å²) in [5, 5.41) is 8.15. The zero-order valence-electron chi connectivity index (χ0n) is 10.2. The molecule has 100 valence electrons. The van der Waals surface area contributed by atoms with E-state index in [9.17, 15) is 9.18 Å². The van der Waals surface area contributed by atoms with Gasteiger partial charge in [0.2, 0.25) is 5.91 Å². The maximum Gasteiger partial charge on any atom is 0.221 e. The summed E-state index contributed by atoms with van der Waals surface area (Å²) >= 11 is 7.38. The fourth-order valence-electron chi connectivity index (χ4n) is 1.56. The van der Waals surface area contributed by atoms with E-state index < -0.39 is 5.82 Å². The van der Waals surface area contributed by atoms with E-state index in [4.69, 9.17) is 11.6 Å². The van der Waals surface area contributed by atoms with Crippen LogP contribution in [0, 0.1) is 5.82 Å². The van der Waals surface area contributed by atoms with Crippen LogP contribution in [-0.4, -0.2) is 5.91 Å². The van der Waals surface area contributed by atoms with Crippen LogP contribution in [0.15, 0.2) is 29.6 Å². The minimum absolute atomic E-state index is 0.168. The molecule has 0 unspecified atom stereocenters. The first-order valence-corrected chi connectivity index (χ1v) is 6.84. The Balaban J connectivity index is 2.06. The first-order chi connectivity index (χ1) is 9.04. The Bertz CT molecular complexity index is 600. The highest BCUT2D eigenvalue weighted by atomic mass is 35.5. The molecule has 6 heteroatoms. The number of rotatable bonds is 4. The average molecular weight is 299 g/mol. The number of carbonyl (C=O) groups is 1. The van der Waals surface area contributed by atoms with Crippen molar-refractivity contribution in [3.8, 4) is 0 Å². The molecule has 0 fully saturated rings. The van der Waals surface area contributed by atoms with E-state index >= 15 is 0 Å². The fraction of sp³-hybridized carbons (Fsp3) is 0.154. The van der Waals surface area contributed by atoms with E-state index in [1.807, 2.05) is 11.4 Å². The van der Waals surface area contributed by atoms with Gasteiger partial charge in [-0.2, -0.15) is 0 Å². The van der Waals surface area contributed by atoms with Crippen LogP contribution in [0.5, 0.6) is 0 Å². The Kier molecular flexibility index (Phi) is 4.39. The predicted molar refractivity (Wildman–Crippen MR) is 77.4 cm³/mol. The van der Waals surface area contributed by atoms with Gasteiger partial charge in [-0.05, 0) is 24.3 Å². The summed E-state index contributed by atoms with van der Waals surface area (Å²) in [7, 11) is 0. The maximum absolute atomic E-state index is 13.4. The van der Waals surface area contributed by atoms with Crippen molar-refractivity contribution in [2.24, 2.45) is 0 Å². The number of amides is 1. The Morgan fingerprint density at radius 1 is 1.42 bits per heavy atom. The molecule has 0 spiro atoms. The monoisotopic (exact) mass is 298 g/mol. The van der Waals surface area contributed by atoms with Gasteiger partial charge in [-0.1, -0.05) is 11.6 Å². The van der Waals surface area contributed by atoms with Crippen molar-refractivity contribution in [2.75, 3.05) is 10.6 Å². The third-order valence-corrected chi connectivity index (χ3v) is 3.65. The molecule has 2 N–H and O–H groups in total. The third kappa shape index (κ3) is 3.94. The largest absolute Gasteiger partial charge is 0.380 e. The first-order valence-electron chi connectivity index (χ1n) is 5.58. The molecule has 0 aliphatic carbocycles. The second-order valence-electron chi connectivity index (χ2n) is 3.96. The molecule has 0 radical (unpaired) electrons. The van der Waals surface area contributed by atoms with E-state index in [0.29, 0.717) is 11.6 Å². The Labute approximate surface area is 119 Å². The molecule has 19 heavy (non-hydrogen) atoms. The van der Waals surface area contributed by atoms with Crippen molar-refractivity contribution in [2.45, 2.75) is 13.5 Å². The Hall–Kier alpha value is -1.59. The van der Waals surface area contributed by atoms with Crippen LogP contribution in [0.2, 0.25) is 5.02 Å². The molecule has 2 rings (SSSR count). The molecule has 2 aromatic rings. The third-order valence-electron chi connectivity index (χ3n) is 2.37. The Morgan fingerprint density at radius 2 is 2.21 bits per heavy atom. The number of halogens is 2. The lowest BCUT2D eigenvalue weighted by molar-refractivity contribution is -0.114. The van der Waals surface area contributed by atoms with Crippen LogP contribution in [0.1, 0.15) is 11.8 Å². The summed E-state index contributed by atoms with van der Waals surface area (Å²) in [6.45, 7) is 1.94. The van der Waals surface area contributed by atoms with Crippen molar-refractivity contribution in [3.63, 3.8) is 0 Å². The molecule has 0 aliphatic rings. The van der Waals surface area contributed by atoms with Crippen LogP contribution in [0.4, 0.5) is 15.8 Å². The number of thiophene rings is 1. The minimum atomic E-state index is -0.458. The summed E-state index contributed by atoms with van der Waals surface area (Å²) in [4.78, 5) is 12.0. The molecule has 0 atom stereocenters. The van der Waals surface area contributed by atoms with Crippen LogP contribution < -0.4 is 10.6 Å². The van der Waals surface area contributed by atoms with Crippen molar-refractivity contribution in [1.29, 1.82) is 0 Å². The predicted octanol–water partition coefficient (Wildman–Crippen LogP) is 4.11. The van der Waals surface area contributed by atoms with Crippen molar-refractivity contribution < 1.29 is 9.18 Å². The smallest absolute Gasteiger partial charge is 0.221 e. The van der Waals surface area contributed by atoms with E-state index in [-0.39, 0.29) is 11.6 Å². The van der Waals surface area contributed by atoms with Gasteiger partial charge in [0.25, 0.3) is 0 Å². The molecule has 1 heterocycles. The number of anilines is 2. The van der Waals surface area contributed by atoms with E-state index in [2.05, 4.69) is 10.6 Å². The lowest BCUT2D eigenvalue weighted by atomic mass is 10.2. The highest BCUT2D eigenvalue weighted by Gasteiger charge is 2.05. The molecule has 1 aromatic carbocycles. The number of carbonyl (C=O) groups excluding carboxylic acids is 1. The van der Waals surface area contributed by atoms with Crippen LogP contribution >= 0.6 is 22.9 Å². The topological polar surface area (TPSA) is 41.1 Å². The van der Waals surface area contributed by atoms with Gasteiger partial charge in [0, 0.05) is 29.4 Å². The molecule has 0 saturated heterocycles. The van der Waals surface area contributed by atoms with Crippen LogP contribution in [0.25, 0.3) is 0 Å². The highest BCUT2D eigenvalue weighted by molar-refractivity contribution is 7.10. The second kappa shape index (κ2) is 6.04. The molecule has 0 saturated carbocycles. The van der Waals surface area contributed by atoms with E-state index in [1.54, 1.807) is 23.5 Å². The number of hydrogen-bond donors (Lipinski definition) is 2. The summed E-state index contributed by atoms with van der Waals surface area (Å²) in [6.07, 6.45) is 0. The van der Waals surface area contributed by atoms with Gasteiger partial charge in [-0.3, -0.25) is 4.79 Å². The lowest BCUT2D eigenvalue weighted by Crippen LogP contribution is -2.08. The molecular formula is C13H12ClFN2OS. The number of nitrogens with one attached hydrogen (secondary N) is 2. The lowest BCUT2D eigenvalue weighted by Gasteiger charge is -2.09. The van der Waals surface area contributed by atoms with Crippen molar-refractivity contribution in [3.05, 3.63) is 45.4 Å². The van der Waals surface area contributed by atoms with Gasteiger partial charge in [-0.15, -0.1) is 11.3 Å². The maximum atomic E-state index is 13.4. The van der Waals surface area contributed by atoms with Crippen molar-refractivity contribution >= 4 is 40.2 Å². The summed E-state index contributed by atoms with van der Waals surface area (Å²) in [6, 6.07) is 6.37. The molecule has 0 aliphatic heterocycles. The van der Waals surface area contributed by atoms with Gasteiger partial charge in [0.15, 0.2) is 0 Å². The second-order valence-corrected chi connectivity index (χ2v) is 5.39. The molecular weight excluding hydrogens is 287 g/mol. The van der Waals surface area contributed by atoms with Gasteiger partial charge < -0.3 is 10.6 Å². The highest BCUT2D eigenvalue weighted by Crippen LogP contribution is 2.23. The molecule has 1 aromatic heterocycles. The fourth-order valence-corrected chi connectivity index (χ4v) is 2.57. The van der Waals surface area contributed by atoms with E-state index in [0.717, 1.165) is 10.6 Å². The van der Waals surface area contributed by atoms with E-state index in [1.165, 1.54) is 13.0 Å². The SMILES string of the molecule is CC(=O)Nc1cc(NCc2cc(Cl)cs2)ccc1F. The van der Waals surface area contributed by atoms with Gasteiger partial charge >= 0.3 is 0 Å². The molecule has 0 bridgehead atoms. The van der Waals surface area contributed by atoms with Gasteiger partial charge in [0.1, 0.15) is 5.82 Å². The van der Waals surface area contributed by atoms with Gasteiger partial charge in [0.05, 0.1) is 10.7 Å². The normalized spacial score (nSPS) is 10.3. The summed E-state index contributed by atoms with van der Waals surface area (Å²) in [5.41, 5.74) is 0.899. The summed E-state index contributed by atoms with van der Waals surface area (Å²) < 4.78 is 13.4. The zero-order valence-corrected chi connectivity index (χ0v) is 11.7. The Morgan fingerprint density at radius 3 is 2.84 bits per heavy atom. The van der Waals surface area contributed by atoms with Crippen molar-refractivity contribution in [1.82, 2.24) is 0 Å². The van der Waals surface area contributed by atoms with Gasteiger partial charge in [-0.25, -0.2) is 4.39 Å². The summed E-state index contributed by atoms with van der Waals surface area (Å²) in [5.74, 6) is -0.763. The standard InChI is InChI=1S/C13H12ClFN2OS/c1-8(18)17-13-5-10(2-3-12(13)15)16-6-11-4-9(14)7-19-11/h2-5,7,16H,6H2,1H3,(H,17,18). The number of benzene rings is 1. The zero-order chi connectivity index (χ0) is 13.8. The molecule has 3 nitrogen and oxygen atoms in total. The number of hydrogen-bond acceptors (Lipinski definition) is 3. The van der Waals surface area contributed by atoms with Crippen LogP contribution in [-0.2, 0) is 11.3 Å². The quantitative estimate of drug-likeness (QED) is 0.892.